The third-order valence-corrected chi connectivity index (χ3v) is 4.91. The van der Waals surface area contributed by atoms with Crippen LogP contribution in [0.4, 0.5) is 0 Å². The maximum Gasteiger partial charge on any atom is 0.00505 e. The van der Waals surface area contributed by atoms with Crippen LogP contribution in [0.15, 0.2) is 0 Å². The summed E-state index contributed by atoms with van der Waals surface area (Å²) in [4.78, 5) is 2.68. The standard InChI is InChI=1S/C14H28N2/c1-4-14(5-2)11-16(12-14)10-13(3)7-6-8-15-9-13/h15H,4-12H2,1-3H3. The smallest absolute Gasteiger partial charge is 0.00505 e. The molecule has 0 aromatic carbocycles. The van der Waals surface area contributed by atoms with Gasteiger partial charge in [0.2, 0.25) is 0 Å². The first-order valence-corrected chi connectivity index (χ1v) is 7.04. The number of rotatable bonds is 4. The summed E-state index contributed by atoms with van der Waals surface area (Å²) in [5.41, 5.74) is 1.20. The summed E-state index contributed by atoms with van der Waals surface area (Å²) in [6.45, 7) is 13.6. The lowest BCUT2D eigenvalue weighted by atomic mass is 9.73. The molecule has 0 spiro atoms. The van der Waals surface area contributed by atoms with E-state index in [9.17, 15) is 0 Å². The van der Waals surface area contributed by atoms with E-state index in [1.807, 2.05) is 0 Å². The van der Waals surface area contributed by atoms with E-state index in [0.717, 1.165) is 0 Å². The molecule has 1 atom stereocenters. The van der Waals surface area contributed by atoms with E-state index >= 15 is 0 Å². The number of hydrogen-bond acceptors (Lipinski definition) is 2. The molecule has 16 heavy (non-hydrogen) atoms. The van der Waals surface area contributed by atoms with Crippen LogP contribution in [0, 0.1) is 10.8 Å². The number of piperidine rings is 1. The van der Waals surface area contributed by atoms with Crippen molar-refractivity contribution in [2.45, 2.75) is 46.5 Å². The molecule has 1 unspecified atom stereocenters. The first kappa shape index (κ1) is 12.4. The van der Waals surface area contributed by atoms with Gasteiger partial charge >= 0.3 is 0 Å². The number of likely N-dealkylation sites (tertiary alicyclic amines) is 1. The topological polar surface area (TPSA) is 15.3 Å². The highest BCUT2D eigenvalue weighted by Crippen LogP contribution is 2.39. The van der Waals surface area contributed by atoms with Gasteiger partial charge in [0.15, 0.2) is 0 Å². The first-order valence-electron chi connectivity index (χ1n) is 7.04. The third-order valence-electron chi connectivity index (χ3n) is 4.91. The molecular weight excluding hydrogens is 196 g/mol. The third kappa shape index (κ3) is 2.43. The molecule has 2 saturated heterocycles. The molecule has 94 valence electrons. The van der Waals surface area contributed by atoms with Crippen LogP contribution < -0.4 is 5.32 Å². The first-order chi connectivity index (χ1) is 7.61. The molecule has 2 aliphatic rings. The minimum Gasteiger partial charge on any atom is -0.316 e. The Labute approximate surface area is 101 Å². The summed E-state index contributed by atoms with van der Waals surface area (Å²) < 4.78 is 0. The monoisotopic (exact) mass is 224 g/mol. The predicted octanol–water partition coefficient (Wildman–Crippen LogP) is 2.50. The molecule has 2 rings (SSSR count). The molecule has 0 bridgehead atoms. The Morgan fingerprint density at radius 1 is 1.19 bits per heavy atom. The molecule has 0 aromatic heterocycles. The highest BCUT2D eigenvalue weighted by Gasteiger charge is 2.42. The second-order valence-electron chi connectivity index (χ2n) is 6.44. The number of hydrogen-bond donors (Lipinski definition) is 1. The fourth-order valence-corrected chi connectivity index (χ4v) is 3.50. The Kier molecular flexibility index (Phi) is 3.60. The van der Waals surface area contributed by atoms with Crippen molar-refractivity contribution >= 4 is 0 Å². The van der Waals surface area contributed by atoms with Gasteiger partial charge < -0.3 is 10.2 Å². The summed E-state index contributed by atoms with van der Waals surface area (Å²) in [5.74, 6) is 0. The molecule has 2 heterocycles. The minimum absolute atomic E-state index is 0.534. The molecule has 0 radical (unpaired) electrons. The Morgan fingerprint density at radius 3 is 2.38 bits per heavy atom. The summed E-state index contributed by atoms with van der Waals surface area (Å²) in [5, 5.41) is 3.55. The zero-order valence-electron chi connectivity index (χ0n) is 11.3. The molecule has 1 N–H and O–H groups in total. The van der Waals surface area contributed by atoms with Crippen LogP contribution >= 0.6 is 0 Å². The van der Waals surface area contributed by atoms with E-state index in [0.29, 0.717) is 10.8 Å². The van der Waals surface area contributed by atoms with Crippen molar-refractivity contribution in [1.29, 1.82) is 0 Å². The highest BCUT2D eigenvalue weighted by molar-refractivity contribution is 4.96. The summed E-state index contributed by atoms with van der Waals surface area (Å²) >= 11 is 0. The summed E-state index contributed by atoms with van der Waals surface area (Å²) in [6.07, 6.45) is 5.47. The van der Waals surface area contributed by atoms with Crippen molar-refractivity contribution in [2.75, 3.05) is 32.7 Å². The van der Waals surface area contributed by atoms with Crippen LogP contribution in [0.1, 0.15) is 46.5 Å². The van der Waals surface area contributed by atoms with Crippen molar-refractivity contribution in [1.82, 2.24) is 10.2 Å². The maximum absolute atomic E-state index is 3.55. The summed E-state index contributed by atoms with van der Waals surface area (Å²) in [6, 6.07) is 0. The van der Waals surface area contributed by atoms with Crippen molar-refractivity contribution < 1.29 is 0 Å². The molecule has 2 nitrogen and oxygen atoms in total. The second kappa shape index (κ2) is 4.66. The van der Waals surface area contributed by atoms with Gasteiger partial charge in [0.1, 0.15) is 0 Å². The van der Waals surface area contributed by atoms with Crippen molar-refractivity contribution in [3.8, 4) is 0 Å². The van der Waals surface area contributed by atoms with Crippen LogP contribution in [0.25, 0.3) is 0 Å². The Hall–Kier alpha value is -0.0800. The SMILES string of the molecule is CCC1(CC)CN(CC2(C)CCCNC2)C1. The summed E-state index contributed by atoms with van der Waals surface area (Å²) in [7, 11) is 0. The Morgan fingerprint density at radius 2 is 1.88 bits per heavy atom. The van der Waals surface area contributed by atoms with Gasteiger partial charge in [-0.05, 0) is 43.1 Å². The molecule has 0 amide bonds. The van der Waals surface area contributed by atoms with Crippen molar-refractivity contribution in [2.24, 2.45) is 10.8 Å². The number of nitrogens with one attached hydrogen (secondary N) is 1. The van der Waals surface area contributed by atoms with E-state index < -0.39 is 0 Å². The van der Waals surface area contributed by atoms with Crippen LogP contribution in [-0.2, 0) is 0 Å². The van der Waals surface area contributed by atoms with Gasteiger partial charge in [-0.3, -0.25) is 0 Å². The van der Waals surface area contributed by atoms with Crippen LogP contribution in [0.2, 0.25) is 0 Å². The fourth-order valence-electron chi connectivity index (χ4n) is 3.50. The second-order valence-corrected chi connectivity index (χ2v) is 6.44. The van der Waals surface area contributed by atoms with Gasteiger partial charge in [-0.25, -0.2) is 0 Å². The van der Waals surface area contributed by atoms with Crippen LogP contribution in [0.3, 0.4) is 0 Å². The zero-order chi connectivity index (χ0) is 11.6. The van der Waals surface area contributed by atoms with E-state index in [1.165, 1.54) is 58.4 Å². The van der Waals surface area contributed by atoms with E-state index in [-0.39, 0.29) is 0 Å². The lowest BCUT2D eigenvalue weighted by molar-refractivity contribution is -0.0348. The molecular formula is C14H28N2. The largest absolute Gasteiger partial charge is 0.316 e. The average molecular weight is 224 g/mol. The Bertz CT molecular complexity index is 219. The average Bonchev–Trinajstić information content (AvgIpc) is 2.24. The molecule has 2 heteroatoms. The molecule has 2 fully saturated rings. The predicted molar refractivity (Wildman–Crippen MR) is 69.7 cm³/mol. The van der Waals surface area contributed by atoms with Gasteiger partial charge in [-0.1, -0.05) is 20.8 Å². The quantitative estimate of drug-likeness (QED) is 0.789. The zero-order valence-corrected chi connectivity index (χ0v) is 11.3. The van der Waals surface area contributed by atoms with Gasteiger partial charge in [0.25, 0.3) is 0 Å². The molecule has 0 aromatic rings. The van der Waals surface area contributed by atoms with Gasteiger partial charge in [-0.15, -0.1) is 0 Å². The van der Waals surface area contributed by atoms with Gasteiger partial charge in [-0.2, -0.15) is 0 Å². The van der Waals surface area contributed by atoms with E-state index in [4.69, 9.17) is 0 Å². The van der Waals surface area contributed by atoms with Gasteiger partial charge in [0.05, 0.1) is 0 Å². The molecule has 0 saturated carbocycles. The van der Waals surface area contributed by atoms with E-state index in [1.54, 1.807) is 0 Å². The van der Waals surface area contributed by atoms with Crippen molar-refractivity contribution in [3.05, 3.63) is 0 Å². The Balaban J connectivity index is 1.80. The van der Waals surface area contributed by atoms with Gasteiger partial charge in [0, 0.05) is 26.2 Å². The fraction of sp³-hybridized carbons (Fsp3) is 1.00. The molecule has 0 aliphatic carbocycles. The van der Waals surface area contributed by atoms with E-state index in [2.05, 4.69) is 31.0 Å². The van der Waals surface area contributed by atoms with Crippen LogP contribution in [0.5, 0.6) is 0 Å². The minimum atomic E-state index is 0.534. The van der Waals surface area contributed by atoms with Crippen molar-refractivity contribution in [3.63, 3.8) is 0 Å². The lowest BCUT2D eigenvalue weighted by Gasteiger charge is -2.53. The highest BCUT2D eigenvalue weighted by atomic mass is 15.2. The van der Waals surface area contributed by atoms with Crippen LogP contribution in [-0.4, -0.2) is 37.6 Å². The number of nitrogens with zero attached hydrogens (tertiary/aromatic N) is 1. The molecule has 2 aliphatic heterocycles. The maximum atomic E-state index is 3.55. The normalized spacial score (nSPS) is 34.7. The lowest BCUT2D eigenvalue weighted by Crippen LogP contribution is -2.59.